The second kappa shape index (κ2) is 4.09. The minimum atomic E-state index is -2.07. The maximum absolute atomic E-state index is 7.61. The van der Waals surface area contributed by atoms with Gasteiger partial charge >= 0.3 is 0 Å². The van der Waals surface area contributed by atoms with E-state index in [9.17, 15) is 0 Å². The Balaban J connectivity index is 2.71. The molecule has 0 N–H and O–H groups in total. The van der Waals surface area contributed by atoms with Crippen molar-refractivity contribution in [2.24, 2.45) is 7.05 Å². The van der Waals surface area contributed by atoms with E-state index in [-0.39, 0.29) is 0 Å². The number of aromatic nitrogens is 1. The van der Waals surface area contributed by atoms with E-state index in [1.54, 1.807) is 6.07 Å². The van der Waals surface area contributed by atoms with Crippen molar-refractivity contribution in [3.63, 3.8) is 0 Å². The smallest absolute Gasteiger partial charge is 0.201 e. The number of rotatable bonds is 1. The third-order valence-corrected chi connectivity index (χ3v) is 2.97. The van der Waals surface area contributed by atoms with Crippen molar-refractivity contribution < 1.29 is 8.68 Å². The molecule has 0 aliphatic carbocycles. The molecule has 0 amide bonds. The van der Waals surface area contributed by atoms with Crippen LogP contribution >= 0.6 is 0 Å². The molecular weight excluding hydrogens is 194 g/mol. The zero-order chi connectivity index (χ0) is 14.2. The third kappa shape index (κ3) is 1.73. The molecule has 0 fully saturated rings. The van der Waals surface area contributed by atoms with Gasteiger partial charge in [0.1, 0.15) is 7.05 Å². The van der Waals surface area contributed by atoms with E-state index < -0.39 is 6.85 Å². The van der Waals surface area contributed by atoms with Crippen LogP contribution < -0.4 is 4.57 Å². The van der Waals surface area contributed by atoms with Gasteiger partial charge in [0.05, 0.1) is 0 Å². The number of aryl methyl sites for hydroxylation is 3. The first-order valence-corrected chi connectivity index (χ1v) is 5.38. The van der Waals surface area contributed by atoms with Crippen LogP contribution in [0.3, 0.4) is 0 Å². The first-order valence-electron chi connectivity index (χ1n) is 6.88. The topological polar surface area (TPSA) is 3.88 Å². The average molecular weight is 215 g/mol. The second-order valence-electron chi connectivity index (χ2n) is 4.13. The highest BCUT2D eigenvalue weighted by atomic mass is 14.9. The molecular formula is C15H18N+. The molecule has 16 heavy (non-hydrogen) atoms. The van der Waals surface area contributed by atoms with Crippen LogP contribution in [0.15, 0.2) is 36.5 Å². The number of hydrogen-bond acceptors (Lipinski definition) is 0. The minimum Gasteiger partial charge on any atom is -0.201 e. The van der Waals surface area contributed by atoms with Gasteiger partial charge in [0, 0.05) is 21.3 Å². The highest BCUT2D eigenvalue weighted by Crippen LogP contribution is 2.24. The van der Waals surface area contributed by atoms with Crippen molar-refractivity contribution in [1.29, 1.82) is 0 Å². The Morgan fingerprint density at radius 1 is 1.06 bits per heavy atom. The standard InChI is InChI=1S/C15H18N/c1-11-7-5-9-14(13(11)3)15-12(2)8-6-10-16(15)4/h5-10H,1-4H3/q+1/i1D3. The highest BCUT2D eigenvalue weighted by molar-refractivity contribution is 5.65. The van der Waals surface area contributed by atoms with E-state index in [2.05, 4.69) is 0 Å². The van der Waals surface area contributed by atoms with Gasteiger partial charge < -0.3 is 0 Å². The molecule has 1 aromatic heterocycles. The normalized spacial score (nSPS) is 14.1. The molecule has 1 nitrogen and oxygen atoms in total. The van der Waals surface area contributed by atoms with Crippen molar-refractivity contribution in [1.82, 2.24) is 0 Å². The first-order chi connectivity index (χ1) is 8.82. The number of nitrogens with zero attached hydrogens (tertiary/aromatic N) is 1. The third-order valence-electron chi connectivity index (χ3n) is 2.97. The molecule has 0 bridgehead atoms. The predicted octanol–water partition coefficient (Wildman–Crippen LogP) is 3.10. The lowest BCUT2D eigenvalue weighted by atomic mass is 9.98. The van der Waals surface area contributed by atoms with Gasteiger partial charge in [-0.05, 0) is 44.0 Å². The Hall–Kier alpha value is -1.63. The van der Waals surface area contributed by atoms with Crippen LogP contribution in [0.4, 0.5) is 0 Å². The molecule has 0 atom stereocenters. The fourth-order valence-corrected chi connectivity index (χ4v) is 2.04. The van der Waals surface area contributed by atoms with Gasteiger partial charge in [0.25, 0.3) is 0 Å². The summed E-state index contributed by atoms with van der Waals surface area (Å²) in [5, 5.41) is 0. The van der Waals surface area contributed by atoms with E-state index in [1.807, 2.05) is 55.9 Å². The summed E-state index contributed by atoms with van der Waals surface area (Å²) in [5.74, 6) is 0. The Bertz CT molecular complexity index is 595. The number of pyridine rings is 1. The quantitative estimate of drug-likeness (QED) is 0.644. The Labute approximate surface area is 102 Å². The Morgan fingerprint density at radius 3 is 2.50 bits per heavy atom. The van der Waals surface area contributed by atoms with Gasteiger partial charge in [0.2, 0.25) is 5.69 Å². The molecule has 2 rings (SSSR count). The van der Waals surface area contributed by atoms with Crippen LogP contribution in [0, 0.1) is 20.7 Å². The van der Waals surface area contributed by atoms with Crippen LogP contribution in [-0.4, -0.2) is 0 Å². The second-order valence-corrected chi connectivity index (χ2v) is 4.13. The van der Waals surface area contributed by atoms with Crippen LogP contribution in [-0.2, 0) is 7.05 Å². The molecule has 2 aromatic rings. The van der Waals surface area contributed by atoms with Gasteiger partial charge in [-0.25, -0.2) is 4.57 Å². The monoisotopic (exact) mass is 215 g/mol. The fraction of sp³-hybridized carbons (Fsp3) is 0.267. The largest absolute Gasteiger partial charge is 0.215 e. The Morgan fingerprint density at radius 2 is 1.81 bits per heavy atom. The zero-order valence-corrected chi connectivity index (χ0v) is 9.91. The van der Waals surface area contributed by atoms with E-state index in [4.69, 9.17) is 4.11 Å². The maximum Gasteiger partial charge on any atom is 0.215 e. The van der Waals surface area contributed by atoms with Crippen molar-refractivity contribution in [3.8, 4) is 11.3 Å². The molecule has 0 radical (unpaired) electrons. The van der Waals surface area contributed by atoms with Crippen LogP contribution in [0.1, 0.15) is 20.8 Å². The lowest BCUT2D eigenvalue weighted by Crippen LogP contribution is -2.31. The van der Waals surface area contributed by atoms with Gasteiger partial charge in [-0.3, -0.25) is 0 Å². The van der Waals surface area contributed by atoms with Gasteiger partial charge in [0.15, 0.2) is 6.20 Å². The minimum absolute atomic E-state index is 0.424. The van der Waals surface area contributed by atoms with Crippen LogP contribution in [0.2, 0.25) is 0 Å². The fourth-order valence-electron chi connectivity index (χ4n) is 2.04. The summed E-state index contributed by atoms with van der Waals surface area (Å²) >= 11 is 0. The molecule has 82 valence electrons. The highest BCUT2D eigenvalue weighted by Gasteiger charge is 2.15. The molecule has 0 aliphatic rings. The van der Waals surface area contributed by atoms with Crippen molar-refractivity contribution >= 4 is 0 Å². The first kappa shape index (κ1) is 7.61. The number of benzene rings is 1. The molecule has 0 unspecified atom stereocenters. The molecule has 1 heterocycles. The molecule has 0 saturated carbocycles. The van der Waals surface area contributed by atoms with Crippen LogP contribution in [0.25, 0.3) is 11.3 Å². The molecule has 1 aromatic carbocycles. The molecule has 1 heteroatoms. The Kier molecular flexibility index (Phi) is 1.95. The van der Waals surface area contributed by atoms with Crippen molar-refractivity contribution in [2.45, 2.75) is 20.7 Å². The van der Waals surface area contributed by atoms with E-state index >= 15 is 0 Å². The predicted molar refractivity (Wildman–Crippen MR) is 67.3 cm³/mol. The SMILES string of the molecule is [2H]C([2H])([2H])c1cccc(-c2c(C)ccc[n+]2C)c1C. The lowest BCUT2D eigenvalue weighted by Gasteiger charge is -2.08. The van der Waals surface area contributed by atoms with Gasteiger partial charge in [-0.1, -0.05) is 12.1 Å². The van der Waals surface area contributed by atoms with E-state index in [1.165, 1.54) is 0 Å². The molecule has 0 saturated heterocycles. The summed E-state index contributed by atoms with van der Waals surface area (Å²) in [6.07, 6.45) is 1.98. The number of hydrogen-bond donors (Lipinski definition) is 0. The summed E-state index contributed by atoms with van der Waals surface area (Å²) in [6, 6.07) is 9.51. The van der Waals surface area contributed by atoms with Crippen LogP contribution in [0.5, 0.6) is 0 Å². The average Bonchev–Trinajstić information content (AvgIpc) is 2.29. The maximum atomic E-state index is 7.61. The van der Waals surface area contributed by atoms with Gasteiger partial charge in [-0.2, -0.15) is 0 Å². The van der Waals surface area contributed by atoms with Gasteiger partial charge in [-0.15, -0.1) is 0 Å². The van der Waals surface area contributed by atoms with E-state index in [0.29, 0.717) is 5.56 Å². The summed E-state index contributed by atoms with van der Waals surface area (Å²) in [6.45, 7) is 1.85. The summed E-state index contributed by atoms with van der Waals surface area (Å²) in [5.41, 5.74) is 4.43. The summed E-state index contributed by atoms with van der Waals surface area (Å²) in [7, 11) is 1.98. The van der Waals surface area contributed by atoms with E-state index in [0.717, 1.165) is 22.4 Å². The zero-order valence-electron chi connectivity index (χ0n) is 12.9. The molecule has 0 spiro atoms. The molecule has 0 aliphatic heterocycles. The summed E-state index contributed by atoms with van der Waals surface area (Å²) < 4.78 is 24.8. The van der Waals surface area contributed by atoms with Crippen molar-refractivity contribution in [3.05, 3.63) is 53.2 Å². The lowest BCUT2D eigenvalue weighted by molar-refractivity contribution is -0.660. The summed E-state index contributed by atoms with van der Waals surface area (Å²) in [4.78, 5) is 0. The van der Waals surface area contributed by atoms with Crippen molar-refractivity contribution in [2.75, 3.05) is 0 Å².